The second-order valence-corrected chi connectivity index (χ2v) is 15.1. The second kappa shape index (κ2) is 13.3. The van der Waals surface area contributed by atoms with E-state index in [2.05, 4.69) is 29.9 Å². The fourth-order valence-electron chi connectivity index (χ4n) is 8.50. The number of aromatic nitrogens is 4. The van der Waals surface area contributed by atoms with Crippen molar-refractivity contribution in [2.45, 2.75) is 77.2 Å². The van der Waals surface area contributed by atoms with Crippen LogP contribution in [0.5, 0.6) is 17.4 Å². The number of halogens is 1. The summed E-state index contributed by atoms with van der Waals surface area (Å²) in [7, 11) is 0. The van der Waals surface area contributed by atoms with Crippen molar-refractivity contribution in [1.82, 2.24) is 34.9 Å². The number of fused-ring (bicyclic) bond motifs is 1. The summed E-state index contributed by atoms with van der Waals surface area (Å²) in [6.07, 6.45) is 8.69. The number of carbonyl (C=O) groups is 1. The van der Waals surface area contributed by atoms with E-state index in [1.807, 2.05) is 33.0 Å². The average Bonchev–Trinajstić information content (AvgIpc) is 3.03. The summed E-state index contributed by atoms with van der Waals surface area (Å²) < 4.78 is 32.9. The molecule has 2 spiro atoms. The van der Waals surface area contributed by atoms with Crippen molar-refractivity contribution < 1.29 is 23.4 Å². The van der Waals surface area contributed by atoms with E-state index in [-0.39, 0.29) is 46.3 Å². The molecule has 0 radical (unpaired) electrons. The lowest BCUT2D eigenvalue weighted by Crippen LogP contribution is -2.68. The van der Waals surface area contributed by atoms with Crippen LogP contribution < -0.4 is 14.4 Å². The van der Waals surface area contributed by atoms with Crippen LogP contribution >= 0.6 is 0 Å². The number of rotatable bonds is 12. The van der Waals surface area contributed by atoms with Crippen molar-refractivity contribution in [3.63, 3.8) is 0 Å². The Hall–Kier alpha value is -3.94. The molecule has 0 N–H and O–H groups in total. The fraction of sp³-hybridized carbons (Fsp3) is 0.595. The molecule has 1 aliphatic carbocycles. The quantitative estimate of drug-likeness (QED) is 0.272. The van der Waals surface area contributed by atoms with Crippen molar-refractivity contribution in [2.75, 3.05) is 63.9 Å². The van der Waals surface area contributed by atoms with Gasteiger partial charge in [-0.15, -0.1) is 10.2 Å². The lowest BCUT2D eigenvalue weighted by molar-refractivity contribution is -0.221. The normalized spacial score (nSPS) is 20.9. The molecule has 2 aromatic heterocycles. The molecule has 12 nitrogen and oxygen atoms in total. The number of hydrogen-bond acceptors (Lipinski definition) is 11. The maximum Gasteiger partial charge on any atom is 0.282 e. The molecule has 1 saturated carbocycles. The number of ether oxygens (including phenoxy) is 3. The smallest absolute Gasteiger partial charge is 0.282 e. The van der Waals surface area contributed by atoms with Crippen LogP contribution in [0.1, 0.15) is 68.1 Å². The first kappa shape index (κ1) is 33.2. The molecule has 1 aromatic carbocycles. The zero-order chi connectivity index (χ0) is 34.5. The van der Waals surface area contributed by atoms with Gasteiger partial charge in [0.1, 0.15) is 29.7 Å². The maximum atomic E-state index is 14.3. The SMILES string of the molecule is CCN(C(=O)c1cc(F)ccc1Oc1nncnc1N1CC2(CC(Oc3ccnc4c3CN(CCCN3CC5(CCO5)C3)CC4)C2)C1)C(C)C. The Bertz CT molecular complexity index is 1720. The van der Waals surface area contributed by atoms with Gasteiger partial charge >= 0.3 is 0 Å². The molecule has 3 aromatic rings. The van der Waals surface area contributed by atoms with Crippen LogP contribution in [-0.2, 0) is 17.7 Å². The Kier molecular flexibility index (Phi) is 8.84. The maximum absolute atomic E-state index is 14.3. The van der Waals surface area contributed by atoms with Gasteiger partial charge in [0, 0.05) is 87.6 Å². The number of carbonyl (C=O) groups excluding carboxylic acids is 1. The van der Waals surface area contributed by atoms with Gasteiger partial charge in [-0.2, -0.15) is 0 Å². The first-order valence-electron chi connectivity index (χ1n) is 18.2. The van der Waals surface area contributed by atoms with E-state index in [1.54, 1.807) is 4.90 Å². The topological polar surface area (TPSA) is 109 Å². The summed E-state index contributed by atoms with van der Waals surface area (Å²) in [4.78, 5) is 31.4. The van der Waals surface area contributed by atoms with E-state index >= 15 is 0 Å². The monoisotopic (exact) mass is 686 g/mol. The fourth-order valence-corrected chi connectivity index (χ4v) is 8.50. The number of hydrogen-bond donors (Lipinski definition) is 0. The predicted octanol–water partition coefficient (Wildman–Crippen LogP) is 4.34. The van der Waals surface area contributed by atoms with Crippen molar-refractivity contribution in [3.05, 3.63) is 59.4 Å². The van der Waals surface area contributed by atoms with E-state index in [0.717, 1.165) is 96.1 Å². The summed E-state index contributed by atoms with van der Waals surface area (Å²) in [5, 5.41) is 8.17. The Morgan fingerprint density at radius 1 is 1.10 bits per heavy atom. The molecule has 3 saturated heterocycles. The molecule has 8 rings (SSSR count). The summed E-state index contributed by atoms with van der Waals surface area (Å²) in [6.45, 7) is 15.1. The third kappa shape index (κ3) is 6.39. The number of benzene rings is 1. The zero-order valence-electron chi connectivity index (χ0n) is 29.3. The molecule has 6 heterocycles. The number of pyridine rings is 1. The van der Waals surface area contributed by atoms with Crippen LogP contribution in [0, 0.1) is 11.2 Å². The molecule has 0 atom stereocenters. The zero-order valence-corrected chi connectivity index (χ0v) is 29.3. The molecule has 4 aliphatic heterocycles. The molecule has 4 fully saturated rings. The lowest BCUT2D eigenvalue weighted by atomic mass is 9.61. The highest BCUT2D eigenvalue weighted by molar-refractivity contribution is 5.97. The van der Waals surface area contributed by atoms with Gasteiger partial charge in [-0.05, 0) is 77.4 Å². The molecule has 50 heavy (non-hydrogen) atoms. The first-order chi connectivity index (χ1) is 24.2. The standard InChI is InChI=1S/C37H47FN8O4/c1-4-46(25(2)3)35(47)28-16-26(38)6-7-31(28)50-34-33(40-24-41-42-34)45-20-36(21-45)17-27(18-36)49-32-8-11-39-30-9-14-43(19-29(30)32)12-5-13-44-22-37(23-44)10-15-48-37/h6-8,11,16,24-25,27H,4-5,9-10,12-15,17-23H2,1-3H3. The van der Waals surface area contributed by atoms with Crippen molar-refractivity contribution in [3.8, 4) is 17.4 Å². The van der Waals surface area contributed by atoms with Crippen LogP contribution in [0.15, 0.2) is 36.8 Å². The van der Waals surface area contributed by atoms with Gasteiger partial charge in [-0.1, -0.05) is 0 Å². The van der Waals surface area contributed by atoms with Gasteiger partial charge in [-0.3, -0.25) is 19.6 Å². The first-order valence-corrected chi connectivity index (χ1v) is 18.2. The van der Waals surface area contributed by atoms with E-state index in [4.69, 9.17) is 19.2 Å². The Morgan fingerprint density at radius 2 is 1.90 bits per heavy atom. The summed E-state index contributed by atoms with van der Waals surface area (Å²) in [6, 6.07) is 5.93. The van der Waals surface area contributed by atoms with E-state index in [1.165, 1.54) is 36.5 Å². The highest BCUT2D eigenvalue weighted by atomic mass is 19.1. The van der Waals surface area contributed by atoms with Gasteiger partial charge in [0.05, 0.1) is 17.8 Å². The van der Waals surface area contributed by atoms with Gasteiger partial charge in [-0.25, -0.2) is 9.37 Å². The lowest BCUT2D eigenvalue weighted by Gasteiger charge is -2.58. The minimum Gasteiger partial charge on any atom is -0.490 e. The van der Waals surface area contributed by atoms with Gasteiger partial charge < -0.3 is 24.0 Å². The third-order valence-corrected chi connectivity index (χ3v) is 11.2. The van der Waals surface area contributed by atoms with E-state index in [9.17, 15) is 9.18 Å². The Balaban J connectivity index is 0.856. The van der Waals surface area contributed by atoms with Gasteiger partial charge in [0.25, 0.3) is 11.8 Å². The summed E-state index contributed by atoms with van der Waals surface area (Å²) >= 11 is 0. The molecule has 1 amide bonds. The molecule has 266 valence electrons. The Labute approximate surface area is 292 Å². The van der Waals surface area contributed by atoms with Gasteiger partial charge in [0.2, 0.25) is 0 Å². The molecule has 0 unspecified atom stereocenters. The number of amides is 1. The molecule has 5 aliphatic rings. The predicted molar refractivity (Wildman–Crippen MR) is 184 cm³/mol. The van der Waals surface area contributed by atoms with Gasteiger partial charge in [0.15, 0.2) is 5.82 Å². The van der Waals surface area contributed by atoms with Crippen LogP contribution in [0.25, 0.3) is 0 Å². The van der Waals surface area contributed by atoms with E-state index < -0.39 is 5.82 Å². The highest BCUT2D eigenvalue weighted by Crippen LogP contribution is 2.52. The minimum atomic E-state index is -0.510. The highest BCUT2D eigenvalue weighted by Gasteiger charge is 2.54. The largest absolute Gasteiger partial charge is 0.490 e. The minimum absolute atomic E-state index is 0.0513. The molecule has 0 bridgehead atoms. The van der Waals surface area contributed by atoms with Crippen molar-refractivity contribution in [1.29, 1.82) is 0 Å². The summed E-state index contributed by atoms with van der Waals surface area (Å²) in [5.41, 5.74) is 2.88. The van der Waals surface area contributed by atoms with Crippen molar-refractivity contribution >= 4 is 11.7 Å². The second-order valence-electron chi connectivity index (χ2n) is 15.1. The van der Waals surface area contributed by atoms with Crippen LogP contribution in [0.2, 0.25) is 0 Å². The number of nitrogens with zero attached hydrogens (tertiary/aromatic N) is 8. The van der Waals surface area contributed by atoms with Crippen LogP contribution in [0.3, 0.4) is 0 Å². The van der Waals surface area contributed by atoms with Crippen molar-refractivity contribution in [2.24, 2.45) is 5.41 Å². The van der Waals surface area contributed by atoms with Crippen LogP contribution in [-0.4, -0.2) is 117 Å². The number of likely N-dealkylation sites (tertiary alicyclic amines) is 1. The summed E-state index contributed by atoms with van der Waals surface area (Å²) in [5.74, 6) is 1.13. The molecular formula is C37H47FN8O4. The Morgan fingerprint density at radius 3 is 2.64 bits per heavy atom. The molecular weight excluding hydrogens is 639 g/mol. The van der Waals surface area contributed by atoms with E-state index in [0.29, 0.717) is 12.4 Å². The van der Waals surface area contributed by atoms with Crippen LogP contribution in [0.4, 0.5) is 10.2 Å². The number of anilines is 1. The average molecular weight is 687 g/mol. The third-order valence-electron chi connectivity index (χ3n) is 11.2. The molecule has 13 heteroatoms.